The van der Waals surface area contributed by atoms with E-state index in [1.54, 1.807) is 18.4 Å². The van der Waals surface area contributed by atoms with Gasteiger partial charge in [-0.05, 0) is 24.1 Å². The van der Waals surface area contributed by atoms with E-state index in [9.17, 15) is 0 Å². The largest absolute Gasteiger partial charge is 0.352 e. The maximum absolute atomic E-state index is 5.97. The molecule has 0 unspecified atom stereocenters. The highest BCUT2D eigenvalue weighted by Crippen LogP contribution is 2.11. The van der Waals surface area contributed by atoms with Crippen LogP contribution in [-0.2, 0) is 19.5 Å². The number of nitrogens with zero attached hydrogens (tertiary/aromatic N) is 2. The van der Waals surface area contributed by atoms with Crippen molar-refractivity contribution < 1.29 is 0 Å². The summed E-state index contributed by atoms with van der Waals surface area (Å²) in [5, 5.41) is 10.5. The highest BCUT2D eigenvalue weighted by atomic mass is 127. The SMILES string of the molecule is CCc1nc(CNC(=NC)NCc2cccc(Cl)c2)cs1.I. The number of nitrogens with one attached hydrogen (secondary N) is 2. The second-order valence-corrected chi connectivity index (χ2v) is 5.87. The molecule has 0 aliphatic carbocycles. The van der Waals surface area contributed by atoms with Crippen LogP contribution in [-0.4, -0.2) is 18.0 Å². The van der Waals surface area contributed by atoms with E-state index in [1.165, 1.54) is 0 Å². The zero-order chi connectivity index (χ0) is 15.1. The second-order valence-electron chi connectivity index (χ2n) is 4.50. The topological polar surface area (TPSA) is 49.3 Å². The van der Waals surface area contributed by atoms with Crippen LogP contribution in [0.3, 0.4) is 0 Å². The monoisotopic (exact) mass is 450 g/mol. The van der Waals surface area contributed by atoms with Gasteiger partial charge in [-0.25, -0.2) is 4.98 Å². The summed E-state index contributed by atoms with van der Waals surface area (Å²) < 4.78 is 0. The summed E-state index contributed by atoms with van der Waals surface area (Å²) in [6, 6.07) is 7.78. The number of hydrogen-bond donors (Lipinski definition) is 2. The Hall–Kier alpha value is -0.860. The van der Waals surface area contributed by atoms with Crippen LogP contribution in [0.15, 0.2) is 34.6 Å². The van der Waals surface area contributed by atoms with Crippen LogP contribution in [0.1, 0.15) is 23.2 Å². The van der Waals surface area contributed by atoms with Crippen LogP contribution in [0.5, 0.6) is 0 Å². The van der Waals surface area contributed by atoms with Gasteiger partial charge < -0.3 is 10.6 Å². The van der Waals surface area contributed by atoms with Crippen molar-refractivity contribution in [3.05, 3.63) is 50.9 Å². The third-order valence-electron chi connectivity index (χ3n) is 2.91. The molecule has 1 heterocycles. The molecule has 0 bridgehead atoms. The standard InChI is InChI=1S/C15H19ClN4S.HI/c1-3-14-20-13(10-21-14)9-19-15(17-2)18-8-11-5-4-6-12(16)7-11;/h4-7,10H,3,8-9H2,1-2H3,(H2,17,18,19);1H. The van der Waals surface area contributed by atoms with E-state index in [0.29, 0.717) is 13.1 Å². The molecular weight excluding hydrogens is 431 g/mol. The van der Waals surface area contributed by atoms with Crippen LogP contribution in [0.25, 0.3) is 0 Å². The number of aryl methyl sites for hydroxylation is 1. The summed E-state index contributed by atoms with van der Waals surface area (Å²) in [4.78, 5) is 8.73. The number of halogens is 2. The van der Waals surface area contributed by atoms with Crippen molar-refractivity contribution in [1.82, 2.24) is 15.6 Å². The summed E-state index contributed by atoms with van der Waals surface area (Å²) in [5.74, 6) is 0.751. The Morgan fingerprint density at radius 2 is 2.09 bits per heavy atom. The van der Waals surface area contributed by atoms with E-state index in [4.69, 9.17) is 11.6 Å². The lowest BCUT2D eigenvalue weighted by molar-refractivity contribution is 0.795. The molecule has 7 heteroatoms. The normalized spacial score (nSPS) is 11.0. The van der Waals surface area contributed by atoms with Crippen molar-refractivity contribution in [2.45, 2.75) is 26.4 Å². The summed E-state index contributed by atoms with van der Waals surface area (Å²) in [7, 11) is 1.76. The molecule has 0 aliphatic rings. The molecule has 0 saturated carbocycles. The first-order chi connectivity index (χ1) is 10.2. The Morgan fingerprint density at radius 3 is 2.73 bits per heavy atom. The number of benzene rings is 1. The highest BCUT2D eigenvalue weighted by molar-refractivity contribution is 14.0. The van der Waals surface area contributed by atoms with Gasteiger partial charge in [-0.2, -0.15) is 0 Å². The van der Waals surface area contributed by atoms with Crippen LogP contribution < -0.4 is 10.6 Å². The van der Waals surface area contributed by atoms with Crippen molar-refractivity contribution in [1.29, 1.82) is 0 Å². The Balaban J connectivity index is 0.00000242. The maximum Gasteiger partial charge on any atom is 0.191 e. The predicted octanol–water partition coefficient (Wildman–Crippen LogP) is 3.84. The Morgan fingerprint density at radius 1 is 1.32 bits per heavy atom. The average Bonchev–Trinajstić information content (AvgIpc) is 2.95. The van der Waals surface area contributed by atoms with Gasteiger partial charge >= 0.3 is 0 Å². The molecule has 0 aliphatic heterocycles. The number of hydrogen-bond acceptors (Lipinski definition) is 3. The van der Waals surface area contributed by atoms with E-state index >= 15 is 0 Å². The summed E-state index contributed by atoms with van der Waals surface area (Å²) in [5.41, 5.74) is 2.16. The van der Waals surface area contributed by atoms with Gasteiger partial charge in [0.15, 0.2) is 5.96 Å². The Bertz CT molecular complexity index is 615. The molecule has 0 atom stereocenters. The lowest BCUT2D eigenvalue weighted by atomic mass is 10.2. The lowest BCUT2D eigenvalue weighted by Gasteiger charge is -2.11. The average molecular weight is 451 g/mol. The van der Waals surface area contributed by atoms with E-state index in [1.807, 2.05) is 24.3 Å². The molecule has 1 aromatic heterocycles. The molecule has 0 saturated heterocycles. The maximum atomic E-state index is 5.97. The number of guanidine groups is 1. The number of thiazole rings is 1. The van der Waals surface area contributed by atoms with E-state index in [-0.39, 0.29) is 24.0 Å². The van der Waals surface area contributed by atoms with Gasteiger partial charge in [0.05, 0.1) is 17.2 Å². The van der Waals surface area contributed by atoms with Crippen molar-refractivity contribution in [2.75, 3.05) is 7.05 Å². The first-order valence-electron chi connectivity index (χ1n) is 6.83. The minimum absolute atomic E-state index is 0. The minimum Gasteiger partial charge on any atom is -0.352 e. The second kappa shape index (κ2) is 10.0. The molecule has 0 amide bonds. The minimum atomic E-state index is 0. The van der Waals surface area contributed by atoms with Gasteiger partial charge in [0, 0.05) is 24.0 Å². The number of aromatic nitrogens is 1. The molecule has 0 radical (unpaired) electrons. The summed E-state index contributed by atoms with van der Waals surface area (Å²) in [6.45, 7) is 3.46. The van der Waals surface area contributed by atoms with Gasteiger partial charge in [0.25, 0.3) is 0 Å². The zero-order valence-electron chi connectivity index (χ0n) is 12.6. The molecule has 120 valence electrons. The molecular formula is C15H20ClIN4S. The van der Waals surface area contributed by atoms with Crippen molar-refractivity contribution >= 4 is 52.9 Å². The molecule has 2 aromatic rings. The fourth-order valence-corrected chi connectivity index (χ4v) is 2.78. The molecule has 22 heavy (non-hydrogen) atoms. The van der Waals surface area contributed by atoms with Crippen LogP contribution in [0.4, 0.5) is 0 Å². The van der Waals surface area contributed by atoms with Gasteiger partial charge in [-0.1, -0.05) is 30.7 Å². The molecule has 2 N–H and O–H groups in total. The number of rotatable bonds is 5. The fraction of sp³-hybridized carbons (Fsp3) is 0.333. The van der Waals surface area contributed by atoms with Gasteiger partial charge in [-0.15, -0.1) is 35.3 Å². The van der Waals surface area contributed by atoms with Crippen molar-refractivity contribution in [2.24, 2.45) is 4.99 Å². The molecule has 0 spiro atoms. The third-order valence-corrected chi connectivity index (χ3v) is 4.19. The van der Waals surface area contributed by atoms with Crippen LogP contribution >= 0.6 is 46.9 Å². The highest BCUT2D eigenvalue weighted by Gasteiger charge is 2.02. The van der Waals surface area contributed by atoms with Gasteiger partial charge in [-0.3, -0.25) is 4.99 Å². The summed E-state index contributed by atoms with van der Waals surface area (Å²) in [6.07, 6.45) is 0.979. The molecule has 0 fully saturated rings. The smallest absolute Gasteiger partial charge is 0.191 e. The van der Waals surface area contributed by atoms with E-state index in [2.05, 4.69) is 32.9 Å². The first-order valence-corrected chi connectivity index (χ1v) is 8.09. The predicted molar refractivity (Wildman–Crippen MR) is 105 cm³/mol. The summed E-state index contributed by atoms with van der Waals surface area (Å²) >= 11 is 7.67. The molecule has 2 rings (SSSR count). The third kappa shape index (κ3) is 6.10. The van der Waals surface area contributed by atoms with Crippen molar-refractivity contribution in [3.8, 4) is 0 Å². The van der Waals surface area contributed by atoms with E-state index < -0.39 is 0 Å². The Kier molecular flexibility index (Phi) is 8.74. The van der Waals surface area contributed by atoms with E-state index in [0.717, 1.165) is 33.7 Å². The van der Waals surface area contributed by atoms with Crippen LogP contribution in [0, 0.1) is 0 Å². The zero-order valence-corrected chi connectivity index (χ0v) is 16.5. The van der Waals surface area contributed by atoms with Crippen molar-refractivity contribution in [3.63, 3.8) is 0 Å². The molecule has 1 aromatic carbocycles. The lowest BCUT2D eigenvalue weighted by Crippen LogP contribution is -2.36. The fourth-order valence-electron chi connectivity index (χ4n) is 1.82. The Labute approximate surface area is 157 Å². The first kappa shape index (κ1) is 19.2. The van der Waals surface area contributed by atoms with Gasteiger partial charge in [0.2, 0.25) is 0 Å². The van der Waals surface area contributed by atoms with Crippen LogP contribution in [0.2, 0.25) is 5.02 Å². The quantitative estimate of drug-likeness (QED) is 0.413. The number of aliphatic imine (C=N–C) groups is 1. The molecule has 4 nitrogen and oxygen atoms in total. The van der Waals surface area contributed by atoms with Gasteiger partial charge in [0.1, 0.15) is 0 Å².